The van der Waals surface area contributed by atoms with Gasteiger partial charge in [-0.3, -0.25) is 4.79 Å². The van der Waals surface area contributed by atoms with Crippen molar-refractivity contribution in [3.05, 3.63) is 94.7 Å². The molecule has 4 nitrogen and oxygen atoms in total. The van der Waals surface area contributed by atoms with Crippen LogP contribution in [0.15, 0.2) is 66.7 Å². The number of anilines is 1. The number of nitrogens with one attached hydrogen (secondary N) is 1. The van der Waals surface area contributed by atoms with Crippen molar-refractivity contribution < 1.29 is 18.0 Å². The number of nitrogens with zero attached hydrogens (tertiary/aromatic N) is 2. The minimum absolute atomic E-state index is 0.146. The van der Waals surface area contributed by atoms with Crippen LogP contribution in [0.5, 0.6) is 0 Å². The summed E-state index contributed by atoms with van der Waals surface area (Å²) in [6, 6.07) is 18.5. The van der Waals surface area contributed by atoms with Crippen LogP contribution in [-0.2, 0) is 23.9 Å². The number of fused-ring (bicyclic) bond motifs is 1. The Morgan fingerprint density at radius 1 is 0.969 bits per heavy atom. The zero-order valence-corrected chi connectivity index (χ0v) is 17.7. The van der Waals surface area contributed by atoms with Gasteiger partial charge >= 0.3 is 6.18 Å². The molecule has 0 radical (unpaired) electrons. The molecule has 32 heavy (non-hydrogen) atoms. The molecule has 164 valence electrons. The van der Waals surface area contributed by atoms with Gasteiger partial charge in [-0.1, -0.05) is 42.5 Å². The van der Waals surface area contributed by atoms with Crippen molar-refractivity contribution >= 4 is 22.8 Å². The first-order valence-corrected chi connectivity index (χ1v) is 10.2. The molecule has 4 aromatic rings. The Balaban J connectivity index is 1.56. The average molecular weight is 437 g/mol. The van der Waals surface area contributed by atoms with Gasteiger partial charge in [0.05, 0.1) is 23.0 Å². The van der Waals surface area contributed by atoms with Crippen LogP contribution in [0.25, 0.3) is 11.0 Å². The Kier molecular flexibility index (Phi) is 5.74. The molecular formula is C25H22F3N3O. The maximum absolute atomic E-state index is 12.8. The van der Waals surface area contributed by atoms with Crippen molar-refractivity contribution in [1.29, 1.82) is 0 Å². The summed E-state index contributed by atoms with van der Waals surface area (Å²) < 4.78 is 40.5. The first kappa shape index (κ1) is 21.6. The molecule has 0 unspecified atom stereocenters. The molecule has 0 bridgehead atoms. The topological polar surface area (TPSA) is 46.9 Å². The molecule has 0 saturated heterocycles. The number of hydrogen-bond acceptors (Lipinski definition) is 2. The summed E-state index contributed by atoms with van der Waals surface area (Å²) in [7, 11) is 0. The lowest BCUT2D eigenvalue weighted by Gasteiger charge is -2.12. The molecule has 0 fully saturated rings. The number of rotatable bonds is 5. The van der Waals surface area contributed by atoms with Crippen molar-refractivity contribution in [2.24, 2.45) is 0 Å². The Morgan fingerprint density at radius 3 is 2.31 bits per heavy atom. The molecule has 2 aromatic heterocycles. The normalized spacial score (nSPS) is 11.7. The molecule has 0 aliphatic heterocycles. The van der Waals surface area contributed by atoms with E-state index in [0.717, 1.165) is 45.6 Å². The number of halogens is 3. The predicted molar refractivity (Wildman–Crippen MR) is 119 cm³/mol. The van der Waals surface area contributed by atoms with Crippen LogP contribution in [0, 0.1) is 13.8 Å². The highest BCUT2D eigenvalue weighted by Crippen LogP contribution is 2.30. The summed E-state index contributed by atoms with van der Waals surface area (Å²) in [5.74, 6) is 0.358. The van der Waals surface area contributed by atoms with E-state index in [2.05, 4.69) is 10.3 Å². The Labute approximate surface area is 183 Å². The molecule has 1 amide bonds. The van der Waals surface area contributed by atoms with Crippen molar-refractivity contribution in [3.63, 3.8) is 0 Å². The van der Waals surface area contributed by atoms with Crippen LogP contribution in [0.3, 0.4) is 0 Å². The van der Waals surface area contributed by atoms with E-state index >= 15 is 0 Å². The molecule has 0 saturated carbocycles. The van der Waals surface area contributed by atoms with Gasteiger partial charge in [-0.15, -0.1) is 0 Å². The fourth-order valence-corrected chi connectivity index (χ4v) is 3.68. The van der Waals surface area contributed by atoms with E-state index in [0.29, 0.717) is 12.4 Å². The molecular weight excluding hydrogens is 415 g/mol. The van der Waals surface area contributed by atoms with E-state index in [9.17, 15) is 18.0 Å². The van der Waals surface area contributed by atoms with Crippen molar-refractivity contribution in [3.8, 4) is 0 Å². The lowest BCUT2D eigenvalue weighted by Crippen LogP contribution is -2.16. The summed E-state index contributed by atoms with van der Waals surface area (Å²) >= 11 is 0. The van der Waals surface area contributed by atoms with Gasteiger partial charge in [0, 0.05) is 12.2 Å². The molecule has 4 rings (SSSR count). The van der Waals surface area contributed by atoms with E-state index in [1.807, 2.05) is 60.9 Å². The largest absolute Gasteiger partial charge is 0.416 e. The van der Waals surface area contributed by atoms with Crippen LogP contribution in [0.2, 0.25) is 0 Å². The average Bonchev–Trinajstić information content (AvgIpc) is 3.03. The lowest BCUT2D eigenvalue weighted by molar-refractivity contribution is -0.137. The van der Waals surface area contributed by atoms with E-state index in [-0.39, 0.29) is 12.3 Å². The Bertz CT molecular complexity index is 1260. The first-order valence-electron chi connectivity index (χ1n) is 10.2. The number of alkyl halides is 3. The Hall–Kier alpha value is -3.61. The number of carbonyl (C=O) groups excluding carboxylic acids is 1. The van der Waals surface area contributed by atoms with Gasteiger partial charge in [0.25, 0.3) is 0 Å². The second kappa shape index (κ2) is 8.49. The van der Waals surface area contributed by atoms with E-state index in [1.165, 1.54) is 12.1 Å². The predicted octanol–water partition coefficient (Wildman–Crippen LogP) is 5.90. The standard InChI is InChI=1S/C25H22F3N3O/c1-16-12-22-21(29-24(16)30-23(32)14-18-6-4-3-5-7-18)13-17(2)31(22)15-19-8-10-20(11-9-19)25(26,27)28/h3-13H,14-15H2,1-2H3,(H,29,30,32). The third-order valence-electron chi connectivity index (χ3n) is 5.37. The lowest BCUT2D eigenvalue weighted by atomic mass is 10.1. The number of benzene rings is 2. The number of carbonyl (C=O) groups is 1. The number of hydrogen-bond donors (Lipinski definition) is 1. The first-order chi connectivity index (χ1) is 15.2. The number of aryl methyl sites for hydroxylation is 2. The van der Waals surface area contributed by atoms with Crippen LogP contribution in [0.4, 0.5) is 19.0 Å². The fraction of sp³-hybridized carbons (Fsp3) is 0.200. The number of aromatic nitrogens is 2. The molecule has 1 N–H and O–H groups in total. The van der Waals surface area contributed by atoms with Crippen LogP contribution >= 0.6 is 0 Å². The van der Waals surface area contributed by atoms with Crippen molar-refractivity contribution in [1.82, 2.24) is 9.55 Å². The van der Waals surface area contributed by atoms with E-state index < -0.39 is 11.7 Å². The highest BCUT2D eigenvalue weighted by molar-refractivity contribution is 5.93. The third kappa shape index (κ3) is 4.66. The molecule has 2 heterocycles. The zero-order valence-electron chi connectivity index (χ0n) is 17.7. The van der Waals surface area contributed by atoms with Gasteiger partial charge in [-0.05, 0) is 54.8 Å². The molecule has 0 atom stereocenters. The van der Waals surface area contributed by atoms with Gasteiger partial charge in [0.15, 0.2) is 0 Å². The van der Waals surface area contributed by atoms with Gasteiger partial charge < -0.3 is 9.88 Å². The highest BCUT2D eigenvalue weighted by atomic mass is 19.4. The quantitative estimate of drug-likeness (QED) is 0.422. The third-order valence-corrected chi connectivity index (χ3v) is 5.37. The van der Waals surface area contributed by atoms with Gasteiger partial charge in [-0.2, -0.15) is 13.2 Å². The van der Waals surface area contributed by atoms with Crippen LogP contribution in [0.1, 0.15) is 27.9 Å². The zero-order chi connectivity index (χ0) is 22.9. The van der Waals surface area contributed by atoms with Gasteiger partial charge in [0.1, 0.15) is 5.82 Å². The summed E-state index contributed by atoms with van der Waals surface area (Å²) in [5, 5.41) is 2.88. The van der Waals surface area contributed by atoms with Gasteiger partial charge in [-0.25, -0.2) is 4.98 Å². The minimum Gasteiger partial charge on any atom is -0.339 e. The molecule has 0 aliphatic carbocycles. The van der Waals surface area contributed by atoms with Gasteiger partial charge in [0.2, 0.25) is 5.91 Å². The number of pyridine rings is 1. The second-order valence-corrected chi connectivity index (χ2v) is 7.84. The van der Waals surface area contributed by atoms with Crippen molar-refractivity contribution in [2.75, 3.05) is 5.32 Å². The fourth-order valence-electron chi connectivity index (χ4n) is 3.68. The van der Waals surface area contributed by atoms with Crippen molar-refractivity contribution in [2.45, 2.75) is 33.0 Å². The SMILES string of the molecule is Cc1cc2c(cc(C)n2Cc2ccc(C(F)(F)F)cc2)nc1NC(=O)Cc1ccccc1. The second-order valence-electron chi connectivity index (χ2n) is 7.84. The molecule has 0 spiro atoms. The summed E-state index contributed by atoms with van der Waals surface area (Å²) in [6.07, 6.45) is -4.09. The molecule has 0 aliphatic rings. The van der Waals surface area contributed by atoms with Crippen LogP contribution in [-0.4, -0.2) is 15.5 Å². The molecule has 2 aromatic carbocycles. The van der Waals surface area contributed by atoms with E-state index in [1.54, 1.807) is 0 Å². The maximum atomic E-state index is 12.8. The summed E-state index contributed by atoms with van der Waals surface area (Å²) in [5.41, 5.74) is 4.34. The minimum atomic E-state index is -4.35. The number of amides is 1. The summed E-state index contributed by atoms with van der Waals surface area (Å²) in [4.78, 5) is 17.1. The summed E-state index contributed by atoms with van der Waals surface area (Å²) in [6.45, 7) is 4.22. The molecule has 7 heteroatoms. The maximum Gasteiger partial charge on any atom is 0.416 e. The van der Waals surface area contributed by atoms with E-state index in [4.69, 9.17) is 0 Å². The highest BCUT2D eigenvalue weighted by Gasteiger charge is 2.29. The van der Waals surface area contributed by atoms with Crippen LogP contribution < -0.4 is 5.32 Å². The Morgan fingerprint density at radius 2 is 1.66 bits per heavy atom. The smallest absolute Gasteiger partial charge is 0.339 e. The monoisotopic (exact) mass is 437 g/mol.